The molecule has 1 aromatic carbocycles. The molecule has 2 N–H and O–H groups in total. The lowest BCUT2D eigenvalue weighted by molar-refractivity contribution is -0.384. The second kappa shape index (κ2) is 10.2. The Bertz CT molecular complexity index is 638. The van der Waals surface area contributed by atoms with Crippen LogP contribution in [0.1, 0.15) is 12.0 Å². The molecule has 1 aliphatic heterocycles. The molecule has 1 heterocycles. The van der Waals surface area contributed by atoms with Crippen LogP contribution in [0, 0.1) is 10.1 Å². The number of nitro groups is 1. The van der Waals surface area contributed by atoms with Gasteiger partial charge in [-0.2, -0.15) is 5.10 Å². The Morgan fingerprint density at radius 2 is 2.24 bits per heavy atom. The largest absolute Gasteiger partial charge is 0.379 e. The number of ether oxygens (including phenoxy) is 1. The van der Waals surface area contributed by atoms with Crippen molar-refractivity contribution in [2.24, 2.45) is 5.10 Å². The van der Waals surface area contributed by atoms with Crippen molar-refractivity contribution in [3.8, 4) is 0 Å². The molecule has 25 heavy (non-hydrogen) atoms. The summed E-state index contributed by atoms with van der Waals surface area (Å²) in [5, 5.41) is 18.4. The number of nitrogens with zero attached hydrogens (tertiary/aromatic N) is 3. The topological polar surface area (TPSA) is 92.0 Å². The van der Waals surface area contributed by atoms with Gasteiger partial charge in [0.05, 0.1) is 24.4 Å². The molecular weight excluding hydrogens is 366 g/mol. The zero-order valence-electron chi connectivity index (χ0n) is 13.6. The number of hydrazone groups is 1. The summed E-state index contributed by atoms with van der Waals surface area (Å²) in [6, 6.07) is 4.45. The molecule has 1 saturated heterocycles. The fourth-order valence-electron chi connectivity index (χ4n) is 2.28. The standard InChI is InChI=1S/C15H20ClN5O3S/c16-13-3-2-12(10-14(13)21(22)23)11-18-19-15(25)17-4-1-5-20-6-8-24-9-7-20/h2-3,10-11H,1,4-9H2,(H2,17,19,25)/b18-11-. The van der Waals surface area contributed by atoms with Crippen LogP contribution >= 0.6 is 23.8 Å². The Morgan fingerprint density at radius 1 is 1.48 bits per heavy atom. The summed E-state index contributed by atoms with van der Waals surface area (Å²) in [6.45, 7) is 5.28. The summed E-state index contributed by atoms with van der Waals surface area (Å²) in [4.78, 5) is 12.7. The molecule has 1 aromatic rings. The van der Waals surface area contributed by atoms with E-state index in [4.69, 9.17) is 28.6 Å². The van der Waals surface area contributed by atoms with Gasteiger partial charge in [0, 0.05) is 31.3 Å². The number of hydrogen-bond acceptors (Lipinski definition) is 6. The number of rotatable bonds is 7. The van der Waals surface area contributed by atoms with Crippen LogP contribution < -0.4 is 10.7 Å². The van der Waals surface area contributed by atoms with Crippen molar-refractivity contribution in [3.63, 3.8) is 0 Å². The SMILES string of the molecule is O=[N+]([O-])c1cc(/C=N\NC(=S)NCCCN2CCOCC2)ccc1Cl. The first-order chi connectivity index (χ1) is 12.1. The highest BCUT2D eigenvalue weighted by Gasteiger charge is 2.12. The van der Waals surface area contributed by atoms with E-state index in [0.29, 0.717) is 10.7 Å². The van der Waals surface area contributed by atoms with Crippen molar-refractivity contribution in [2.45, 2.75) is 6.42 Å². The third kappa shape index (κ3) is 6.91. The Kier molecular flexibility index (Phi) is 7.99. The first kappa shape index (κ1) is 19.5. The van der Waals surface area contributed by atoms with Crippen LogP contribution in [0.3, 0.4) is 0 Å². The second-order valence-corrected chi connectivity index (χ2v) is 6.22. The van der Waals surface area contributed by atoms with Crippen LogP contribution in [0.5, 0.6) is 0 Å². The van der Waals surface area contributed by atoms with Crippen LogP contribution in [0.25, 0.3) is 0 Å². The molecule has 1 aliphatic rings. The fraction of sp³-hybridized carbons (Fsp3) is 0.467. The molecule has 0 spiro atoms. The highest BCUT2D eigenvalue weighted by atomic mass is 35.5. The highest BCUT2D eigenvalue weighted by molar-refractivity contribution is 7.80. The van der Waals surface area contributed by atoms with Gasteiger partial charge >= 0.3 is 0 Å². The van der Waals surface area contributed by atoms with Gasteiger partial charge in [-0.15, -0.1) is 0 Å². The van der Waals surface area contributed by atoms with E-state index in [-0.39, 0.29) is 10.7 Å². The van der Waals surface area contributed by atoms with Gasteiger partial charge in [0.1, 0.15) is 5.02 Å². The molecule has 2 rings (SSSR count). The molecule has 0 unspecified atom stereocenters. The molecule has 10 heteroatoms. The van der Waals surface area contributed by atoms with Gasteiger partial charge in [-0.25, -0.2) is 0 Å². The molecule has 0 aliphatic carbocycles. The molecule has 0 aromatic heterocycles. The number of benzene rings is 1. The molecule has 1 fully saturated rings. The van der Waals surface area contributed by atoms with E-state index in [2.05, 4.69) is 20.7 Å². The van der Waals surface area contributed by atoms with Crippen LogP contribution in [0.4, 0.5) is 5.69 Å². The summed E-state index contributed by atoms with van der Waals surface area (Å²) >= 11 is 10.9. The van der Waals surface area contributed by atoms with Crippen molar-refractivity contribution in [1.29, 1.82) is 0 Å². The van der Waals surface area contributed by atoms with Crippen LogP contribution in [0.15, 0.2) is 23.3 Å². The summed E-state index contributed by atoms with van der Waals surface area (Å²) in [6.07, 6.45) is 2.42. The molecule has 8 nitrogen and oxygen atoms in total. The van der Waals surface area contributed by atoms with Gasteiger partial charge in [0.25, 0.3) is 5.69 Å². The lowest BCUT2D eigenvalue weighted by Gasteiger charge is -2.26. The molecule has 0 amide bonds. The first-order valence-corrected chi connectivity index (χ1v) is 8.66. The van der Waals surface area contributed by atoms with Gasteiger partial charge in [-0.1, -0.05) is 17.7 Å². The normalized spacial score (nSPS) is 15.2. The summed E-state index contributed by atoms with van der Waals surface area (Å²) < 4.78 is 5.30. The van der Waals surface area contributed by atoms with Crippen molar-refractivity contribution in [1.82, 2.24) is 15.6 Å². The van der Waals surface area contributed by atoms with E-state index in [9.17, 15) is 10.1 Å². The highest BCUT2D eigenvalue weighted by Crippen LogP contribution is 2.24. The van der Waals surface area contributed by atoms with Gasteiger partial charge in [-0.05, 0) is 31.2 Å². The van der Waals surface area contributed by atoms with Gasteiger partial charge < -0.3 is 10.1 Å². The average molecular weight is 386 g/mol. The van der Waals surface area contributed by atoms with E-state index in [1.54, 1.807) is 6.07 Å². The monoisotopic (exact) mass is 385 g/mol. The van der Waals surface area contributed by atoms with Crippen molar-refractivity contribution < 1.29 is 9.66 Å². The minimum atomic E-state index is -0.534. The smallest absolute Gasteiger partial charge is 0.288 e. The maximum atomic E-state index is 10.8. The number of morpholine rings is 1. The van der Waals surface area contributed by atoms with E-state index < -0.39 is 4.92 Å². The van der Waals surface area contributed by atoms with Crippen LogP contribution in [-0.4, -0.2) is 60.5 Å². The van der Waals surface area contributed by atoms with Crippen molar-refractivity contribution in [3.05, 3.63) is 38.9 Å². The number of halogens is 1. The second-order valence-electron chi connectivity index (χ2n) is 5.40. The zero-order valence-corrected chi connectivity index (χ0v) is 15.2. The molecule has 0 bridgehead atoms. The van der Waals surface area contributed by atoms with E-state index in [1.165, 1.54) is 18.3 Å². The predicted octanol–water partition coefficient (Wildman–Crippen LogP) is 1.77. The molecule has 0 saturated carbocycles. The van der Waals surface area contributed by atoms with Gasteiger partial charge in [0.2, 0.25) is 0 Å². The zero-order chi connectivity index (χ0) is 18.1. The molecule has 136 valence electrons. The Morgan fingerprint density at radius 3 is 2.96 bits per heavy atom. The minimum Gasteiger partial charge on any atom is -0.379 e. The van der Waals surface area contributed by atoms with Crippen molar-refractivity contribution in [2.75, 3.05) is 39.4 Å². The summed E-state index contributed by atoms with van der Waals surface area (Å²) in [7, 11) is 0. The van der Waals surface area contributed by atoms with Gasteiger partial charge in [0.15, 0.2) is 5.11 Å². The Hall–Kier alpha value is -1.81. The quantitative estimate of drug-likeness (QED) is 0.243. The molecule has 0 radical (unpaired) electrons. The molecular formula is C15H20ClN5O3S. The fourth-order valence-corrected chi connectivity index (χ4v) is 2.63. The molecule has 0 atom stereocenters. The van der Waals surface area contributed by atoms with Crippen LogP contribution in [0.2, 0.25) is 5.02 Å². The minimum absolute atomic E-state index is 0.0903. The number of nitro benzene ring substituents is 1. The summed E-state index contributed by atoms with van der Waals surface area (Å²) in [5.41, 5.74) is 3.08. The predicted molar refractivity (Wildman–Crippen MR) is 101 cm³/mol. The lowest BCUT2D eigenvalue weighted by Crippen LogP contribution is -2.39. The average Bonchev–Trinajstić information content (AvgIpc) is 2.61. The number of thiocarbonyl (C=S) groups is 1. The maximum Gasteiger partial charge on any atom is 0.288 e. The van der Waals surface area contributed by atoms with Crippen molar-refractivity contribution >= 4 is 40.8 Å². The first-order valence-electron chi connectivity index (χ1n) is 7.87. The Labute approximate surface area is 156 Å². The maximum absolute atomic E-state index is 10.8. The van der Waals surface area contributed by atoms with E-state index in [0.717, 1.165) is 45.8 Å². The van der Waals surface area contributed by atoms with E-state index in [1.807, 2.05) is 0 Å². The Balaban J connectivity index is 1.68. The third-order valence-electron chi connectivity index (χ3n) is 3.59. The van der Waals surface area contributed by atoms with Crippen LogP contribution in [-0.2, 0) is 4.74 Å². The number of hydrogen-bond donors (Lipinski definition) is 2. The van der Waals surface area contributed by atoms with E-state index >= 15 is 0 Å². The van der Waals surface area contributed by atoms with Gasteiger partial charge in [-0.3, -0.25) is 20.4 Å². The summed E-state index contributed by atoms with van der Waals surface area (Å²) in [5.74, 6) is 0. The lowest BCUT2D eigenvalue weighted by atomic mass is 10.2. The number of nitrogens with one attached hydrogen (secondary N) is 2. The third-order valence-corrected chi connectivity index (χ3v) is 4.14.